The van der Waals surface area contributed by atoms with Gasteiger partial charge in [-0.2, -0.15) is 8.78 Å². The van der Waals surface area contributed by atoms with Crippen molar-refractivity contribution in [2.45, 2.75) is 103 Å². The van der Waals surface area contributed by atoms with E-state index < -0.39 is 40.9 Å². The zero-order valence-electron chi connectivity index (χ0n) is 23.0. The zero-order chi connectivity index (χ0) is 27.9. The third-order valence-corrected chi connectivity index (χ3v) is 8.67. The number of halogens is 4. The largest absolute Gasteiger partial charge is 0.491 e. The van der Waals surface area contributed by atoms with Crippen molar-refractivity contribution in [3.8, 4) is 11.5 Å². The molecule has 2 fully saturated rings. The van der Waals surface area contributed by atoms with Crippen LogP contribution in [0.15, 0.2) is 24.3 Å². The summed E-state index contributed by atoms with van der Waals surface area (Å²) < 4.78 is 69.3. The highest BCUT2D eigenvalue weighted by Gasteiger charge is 2.32. The minimum atomic E-state index is -1.12. The normalized spacial score (nSPS) is 23.4. The van der Waals surface area contributed by atoms with Crippen LogP contribution >= 0.6 is 0 Å². The molecule has 0 spiro atoms. The predicted octanol–water partition coefficient (Wildman–Crippen LogP) is 9.38. The second-order valence-corrected chi connectivity index (χ2v) is 11.2. The highest BCUT2D eigenvalue weighted by molar-refractivity contribution is 5.75. The number of hydrogen-bond donors (Lipinski definition) is 0. The maximum Gasteiger partial charge on any atom is 0.314 e. The molecule has 0 aromatic heterocycles. The lowest BCUT2D eigenvalue weighted by molar-refractivity contribution is -0.140. The Morgan fingerprint density at radius 1 is 0.718 bits per heavy atom. The van der Waals surface area contributed by atoms with Crippen molar-refractivity contribution in [2.24, 2.45) is 11.8 Å². The van der Waals surface area contributed by atoms with Crippen LogP contribution in [-0.4, -0.2) is 12.6 Å². The first kappa shape index (κ1) is 29.4. The van der Waals surface area contributed by atoms with E-state index in [2.05, 4.69) is 6.92 Å². The van der Waals surface area contributed by atoms with Gasteiger partial charge in [-0.15, -0.1) is 0 Å². The zero-order valence-corrected chi connectivity index (χ0v) is 23.0. The first-order chi connectivity index (χ1) is 18.8. The molecule has 0 aliphatic heterocycles. The molecule has 0 unspecified atom stereocenters. The Bertz CT molecular complexity index is 1120. The quantitative estimate of drug-likeness (QED) is 0.128. The van der Waals surface area contributed by atoms with Crippen molar-refractivity contribution >= 4 is 5.97 Å². The van der Waals surface area contributed by atoms with Crippen LogP contribution in [0.1, 0.15) is 114 Å². The molecule has 0 radical (unpaired) electrons. The Morgan fingerprint density at radius 3 is 1.82 bits per heavy atom. The van der Waals surface area contributed by atoms with Gasteiger partial charge in [-0.1, -0.05) is 44.7 Å². The monoisotopic (exact) mass is 548 g/mol. The molecule has 0 saturated heterocycles. The summed E-state index contributed by atoms with van der Waals surface area (Å²) in [5, 5.41) is 0. The lowest BCUT2D eigenvalue weighted by atomic mass is 9.77. The van der Waals surface area contributed by atoms with Gasteiger partial charge in [-0.25, -0.2) is 8.78 Å². The predicted molar refractivity (Wildman–Crippen MR) is 143 cm³/mol. The molecule has 2 aromatic rings. The molecule has 0 bridgehead atoms. The Kier molecular flexibility index (Phi) is 10.3. The van der Waals surface area contributed by atoms with E-state index in [1.165, 1.54) is 43.9 Å². The standard InChI is InChI=1S/C32H40F4O3/c1-3-5-6-7-20-8-10-21(11-9-20)25-17-19-27(31(36)29(25)34)39-32(37)23-14-12-22(13-15-23)24-16-18-26(38-4-2)30(35)28(24)33/h16-23H,3-15H2,1-2H3. The summed E-state index contributed by atoms with van der Waals surface area (Å²) in [4.78, 5) is 12.8. The Hall–Kier alpha value is -2.57. The third kappa shape index (κ3) is 6.96. The molecule has 0 atom stereocenters. The summed E-state index contributed by atoms with van der Waals surface area (Å²) in [6.45, 7) is 4.12. The maximum absolute atomic E-state index is 15.0. The van der Waals surface area contributed by atoms with Crippen molar-refractivity contribution in [3.63, 3.8) is 0 Å². The second kappa shape index (κ2) is 13.7. The molecule has 4 rings (SSSR count). The number of unbranched alkanes of at least 4 members (excludes halogenated alkanes) is 2. The van der Waals surface area contributed by atoms with E-state index in [4.69, 9.17) is 9.47 Å². The molecule has 2 aromatic carbocycles. The van der Waals surface area contributed by atoms with E-state index in [0.29, 0.717) is 37.2 Å². The fourth-order valence-electron chi connectivity index (χ4n) is 6.35. The van der Waals surface area contributed by atoms with Crippen LogP contribution in [0.3, 0.4) is 0 Å². The number of esters is 1. The molecule has 0 N–H and O–H groups in total. The minimum absolute atomic E-state index is 0.0187. The molecule has 0 amide bonds. The molecule has 3 nitrogen and oxygen atoms in total. The van der Waals surface area contributed by atoms with E-state index in [9.17, 15) is 18.0 Å². The van der Waals surface area contributed by atoms with E-state index in [-0.39, 0.29) is 29.8 Å². The Balaban J connectivity index is 1.32. The summed E-state index contributed by atoms with van der Waals surface area (Å²) in [7, 11) is 0. The second-order valence-electron chi connectivity index (χ2n) is 11.2. The molecule has 39 heavy (non-hydrogen) atoms. The topological polar surface area (TPSA) is 35.5 Å². The van der Waals surface area contributed by atoms with Gasteiger partial charge in [-0.05, 0) is 99.3 Å². The average Bonchev–Trinajstić information content (AvgIpc) is 2.95. The number of carbonyl (C=O) groups excluding carboxylic acids is 1. The van der Waals surface area contributed by atoms with Crippen molar-refractivity contribution in [2.75, 3.05) is 6.61 Å². The van der Waals surface area contributed by atoms with E-state index in [1.807, 2.05) is 0 Å². The fraction of sp³-hybridized carbons (Fsp3) is 0.594. The molecular weight excluding hydrogens is 508 g/mol. The highest BCUT2D eigenvalue weighted by atomic mass is 19.2. The number of hydrogen-bond acceptors (Lipinski definition) is 3. The van der Waals surface area contributed by atoms with Gasteiger partial charge in [0.05, 0.1) is 12.5 Å². The van der Waals surface area contributed by atoms with E-state index >= 15 is 4.39 Å². The summed E-state index contributed by atoms with van der Waals surface area (Å²) in [6, 6.07) is 5.88. The molecule has 2 saturated carbocycles. The van der Waals surface area contributed by atoms with Gasteiger partial charge in [0.25, 0.3) is 0 Å². The van der Waals surface area contributed by atoms with E-state index in [1.54, 1.807) is 13.0 Å². The van der Waals surface area contributed by atoms with Crippen LogP contribution in [0, 0.1) is 35.1 Å². The number of rotatable bonds is 10. The Morgan fingerprint density at radius 2 is 1.26 bits per heavy atom. The minimum Gasteiger partial charge on any atom is -0.491 e. The van der Waals surface area contributed by atoms with Gasteiger partial charge in [0.1, 0.15) is 0 Å². The van der Waals surface area contributed by atoms with Gasteiger partial charge in [-0.3, -0.25) is 4.79 Å². The van der Waals surface area contributed by atoms with Crippen LogP contribution in [-0.2, 0) is 4.79 Å². The highest BCUT2D eigenvalue weighted by Crippen LogP contribution is 2.41. The fourth-order valence-corrected chi connectivity index (χ4v) is 6.35. The first-order valence-electron chi connectivity index (χ1n) is 14.6. The number of benzene rings is 2. The van der Waals surface area contributed by atoms with Crippen LogP contribution < -0.4 is 9.47 Å². The molecule has 2 aliphatic carbocycles. The SMILES string of the molecule is CCCCCC1CCC(c2ccc(OC(=O)C3CCC(c4ccc(OCC)c(F)c4F)CC3)c(F)c2F)CC1. The number of ether oxygens (including phenoxy) is 2. The third-order valence-electron chi connectivity index (χ3n) is 8.67. The summed E-state index contributed by atoms with van der Waals surface area (Å²) in [5.74, 6) is -5.20. The van der Waals surface area contributed by atoms with Gasteiger partial charge in [0, 0.05) is 0 Å². The molecular formula is C32H40F4O3. The van der Waals surface area contributed by atoms with Crippen LogP contribution in [0.5, 0.6) is 11.5 Å². The Labute approximate surface area is 229 Å². The summed E-state index contributed by atoms with van der Waals surface area (Å²) in [5.41, 5.74) is 0.630. The summed E-state index contributed by atoms with van der Waals surface area (Å²) in [6.07, 6.45) is 10.3. The smallest absolute Gasteiger partial charge is 0.314 e. The van der Waals surface area contributed by atoms with E-state index in [0.717, 1.165) is 25.7 Å². The average molecular weight is 549 g/mol. The van der Waals surface area contributed by atoms with Gasteiger partial charge in [0.2, 0.25) is 11.6 Å². The molecule has 214 valence electrons. The van der Waals surface area contributed by atoms with Crippen LogP contribution in [0.2, 0.25) is 0 Å². The molecule has 2 aliphatic rings. The van der Waals surface area contributed by atoms with Crippen molar-refractivity contribution in [1.82, 2.24) is 0 Å². The van der Waals surface area contributed by atoms with Gasteiger partial charge < -0.3 is 9.47 Å². The van der Waals surface area contributed by atoms with Crippen LogP contribution in [0.4, 0.5) is 17.6 Å². The lowest BCUT2D eigenvalue weighted by Crippen LogP contribution is -2.26. The van der Waals surface area contributed by atoms with Crippen LogP contribution in [0.25, 0.3) is 0 Å². The lowest BCUT2D eigenvalue weighted by Gasteiger charge is -2.29. The van der Waals surface area contributed by atoms with Crippen molar-refractivity contribution in [3.05, 3.63) is 58.7 Å². The maximum atomic E-state index is 15.0. The first-order valence-corrected chi connectivity index (χ1v) is 14.6. The summed E-state index contributed by atoms with van der Waals surface area (Å²) >= 11 is 0. The number of carbonyl (C=O) groups is 1. The molecule has 0 heterocycles. The van der Waals surface area contributed by atoms with Crippen molar-refractivity contribution in [1.29, 1.82) is 0 Å². The van der Waals surface area contributed by atoms with Gasteiger partial charge >= 0.3 is 5.97 Å². The van der Waals surface area contributed by atoms with Crippen molar-refractivity contribution < 1.29 is 31.8 Å². The van der Waals surface area contributed by atoms with Gasteiger partial charge in [0.15, 0.2) is 23.1 Å². The molecule has 7 heteroatoms.